The maximum absolute atomic E-state index is 13.4. The molecule has 5 nitrogen and oxygen atoms in total. The van der Waals surface area contributed by atoms with Crippen LogP contribution in [-0.2, 0) is 10.3 Å². The second-order valence-electron chi connectivity index (χ2n) is 9.08. The molecule has 2 aromatic carbocycles. The van der Waals surface area contributed by atoms with Crippen molar-refractivity contribution in [3.63, 3.8) is 0 Å². The normalized spacial score (nSPS) is 23.1. The van der Waals surface area contributed by atoms with Gasteiger partial charge in [-0.25, -0.2) is 8.78 Å². The summed E-state index contributed by atoms with van der Waals surface area (Å²) < 4.78 is 26.6. The van der Waals surface area contributed by atoms with Crippen molar-refractivity contribution < 1.29 is 18.7 Å². The molecular weight excluding hydrogens is 424 g/mol. The summed E-state index contributed by atoms with van der Waals surface area (Å²) in [7, 11) is 0. The summed E-state index contributed by atoms with van der Waals surface area (Å²) in [4.78, 5) is 21.8. The Kier molecular flexibility index (Phi) is 6.91. The number of carbonyl (C=O) groups excluding carboxylic acids is 1. The van der Waals surface area contributed by atoms with E-state index >= 15 is 0 Å². The highest BCUT2D eigenvalue weighted by Gasteiger charge is 2.47. The summed E-state index contributed by atoms with van der Waals surface area (Å²) in [5.74, 6) is 0.213. The number of aliphatic hydroxyl groups is 1. The van der Waals surface area contributed by atoms with Gasteiger partial charge < -0.3 is 10.0 Å². The van der Waals surface area contributed by atoms with Gasteiger partial charge in [0.05, 0.1) is 12.6 Å². The fourth-order valence-electron chi connectivity index (χ4n) is 5.07. The van der Waals surface area contributed by atoms with Crippen LogP contribution in [0.15, 0.2) is 53.5 Å². The number of aliphatic imine (C=N–C) groups is 1. The van der Waals surface area contributed by atoms with Crippen LogP contribution in [0.1, 0.15) is 50.2 Å². The molecule has 0 aromatic heterocycles. The minimum Gasteiger partial charge on any atom is -0.390 e. The lowest BCUT2D eigenvalue weighted by molar-refractivity contribution is -0.132. The van der Waals surface area contributed by atoms with E-state index in [1.54, 1.807) is 24.0 Å². The number of carbonyl (C=O) groups is 1. The Morgan fingerprint density at radius 2 is 1.61 bits per heavy atom. The fourth-order valence-corrected chi connectivity index (χ4v) is 5.07. The van der Waals surface area contributed by atoms with Crippen molar-refractivity contribution in [3.8, 4) is 0 Å². The van der Waals surface area contributed by atoms with E-state index in [9.17, 15) is 18.7 Å². The number of rotatable bonds is 7. The highest BCUT2D eigenvalue weighted by Crippen LogP contribution is 2.37. The Morgan fingerprint density at radius 1 is 1.03 bits per heavy atom. The third-order valence-electron chi connectivity index (χ3n) is 6.97. The Balaban J connectivity index is 1.34. The monoisotopic (exact) mass is 455 g/mol. The van der Waals surface area contributed by atoms with Crippen LogP contribution in [-0.4, -0.2) is 58.9 Å². The number of amides is 1. The molecule has 2 atom stereocenters. The van der Waals surface area contributed by atoms with Gasteiger partial charge >= 0.3 is 0 Å². The summed E-state index contributed by atoms with van der Waals surface area (Å²) >= 11 is 0. The molecule has 0 aliphatic carbocycles. The lowest BCUT2D eigenvalue weighted by Gasteiger charge is -2.34. The highest BCUT2D eigenvalue weighted by molar-refractivity contribution is 6.07. The van der Waals surface area contributed by atoms with Gasteiger partial charge in [0.15, 0.2) is 5.54 Å². The Hall–Kier alpha value is -2.64. The molecule has 33 heavy (non-hydrogen) atoms. The van der Waals surface area contributed by atoms with Crippen LogP contribution < -0.4 is 0 Å². The molecule has 0 bridgehead atoms. The molecular formula is C26H31F2N3O2. The predicted octanol–water partition coefficient (Wildman–Crippen LogP) is 4.07. The van der Waals surface area contributed by atoms with Crippen molar-refractivity contribution in [2.75, 3.05) is 26.2 Å². The van der Waals surface area contributed by atoms with Crippen LogP contribution in [0, 0.1) is 11.6 Å². The standard InChI is InChI=1S/C26H31F2N3O2/c1-3-26(21-6-10-23(28)11-7-21)25(33)31(18(2)29-26)17-24(32)16-30-14-12-20(13-15-30)19-4-8-22(27)9-5-19/h4-11,20,24,32H,3,12-17H2,1-2H3. The first-order chi connectivity index (χ1) is 15.8. The minimum absolute atomic E-state index is 0.176. The number of likely N-dealkylation sites (tertiary alicyclic amines) is 1. The van der Waals surface area contributed by atoms with Crippen molar-refractivity contribution in [1.29, 1.82) is 0 Å². The number of nitrogens with zero attached hydrogens (tertiary/aromatic N) is 3. The van der Waals surface area contributed by atoms with Gasteiger partial charge in [0, 0.05) is 6.54 Å². The number of benzene rings is 2. The summed E-state index contributed by atoms with van der Waals surface area (Å²) in [6.45, 7) is 6.00. The number of piperidine rings is 1. The number of hydrogen-bond donors (Lipinski definition) is 1. The molecule has 1 saturated heterocycles. The smallest absolute Gasteiger partial charge is 0.260 e. The van der Waals surface area contributed by atoms with Crippen LogP contribution in [0.25, 0.3) is 0 Å². The van der Waals surface area contributed by atoms with Gasteiger partial charge in [0.1, 0.15) is 17.5 Å². The van der Waals surface area contributed by atoms with E-state index < -0.39 is 11.6 Å². The van der Waals surface area contributed by atoms with Crippen LogP contribution in [0.2, 0.25) is 0 Å². The minimum atomic E-state index is -1.06. The summed E-state index contributed by atoms with van der Waals surface area (Å²) in [6, 6.07) is 12.6. The van der Waals surface area contributed by atoms with Crippen molar-refractivity contribution in [3.05, 3.63) is 71.3 Å². The molecule has 0 radical (unpaired) electrons. The Bertz CT molecular complexity index is 1000. The third kappa shape index (κ3) is 4.84. The molecule has 1 fully saturated rings. The van der Waals surface area contributed by atoms with Crippen molar-refractivity contribution >= 4 is 11.7 Å². The number of hydrogen-bond acceptors (Lipinski definition) is 4. The SMILES string of the molecule is CCC1(c2ccc(F)cc2)N=C(C)N(CC(O)CN2CCC(c3ccc(F)cc3)CC2)C1=O. The highest BCUT2D eigenvalue weighted by atomic mass is 19.1. The molecule has 2 unspecified atom stereocenters. The molecule has 0 saturated carbocycles. The van der Waals surface area contributed by atoms with Gasteiger partial charge in [-0.2, -0.15) is 0 Å². The molecule has 1 N–H and O–H groups in total. The van der Waals surface area contributed by atoms with Crippen LogP contribution >= 0.6 is 0 Å². The van der Waals surface area contributed by atoms with Gasteiger partial charge in [0.2, 0.25) is 0 Å². The largest absolute Gasteiger partial charge is 0.390 e. The lowest BCUT2D eigenvalue weighted by atomic mass is 9.87. The summed E-state index contributed by atoms with van der Waals surface area (Å²) in [6.07, 6.45) is 1.65. The molecule has 2 aliphatic heterocycles. The van der Waals surface area contributed by atoms with Crippen molar-refractivity contribution in [1.82, 2.24) is 9.80 Å². The first-order valence-corrected chi connectivity index (χ1v) is 11.6. The molecule has 1 amide bonds. The second kappa shape index (κ2) is 9.69. The van der Waals surface area contributed by atoms with Gasteiger partial charge in [-0.3, -0.25) is 14.7 Å². The predicted molar refractivity (Wildman–Crippen MR) is 124 cm³/mol. The maximum Gasteiger partial charge on any atom is 0.260 e. The molecule has 7 heteroatoms. The summed E-state index contributed by atoms with van der Waals surface area (Å²) in [5, 5.41) is 10.8. The van der Waals surface area contributed by atoms with Crippen molar-refractivity contribution in [2.45, 2.75) is 50.7 Å². The second-order valence-corrected chi connectivity index (χ2v) is 9.08. The summed E-state index contributed by atoms with van der Waals surface area (Å²) in [5.41, 5.74) is 0.753. The van der Waals surface area contributed by atoms with Crippen molar-refractivity contribution in [2.24, 2.45) is 4.99 Å². The van der Waals surface area contributed by atoms with Crippen LogP contribution in [0.3, 0.4) is 0 Å². The van der Waals surface area contributed by atoms with Crippen LogP contribution in [0.5, 0.6) is 0 Å². The molecule has 4 rings (SSSR count). The average molecular weight is 456 g/mol. The van der Waals surface area contributed by atoms with E-state index in [1.807, 2.05) is 19.1 Å². The third-order valence-corrected chi connectivity index (χ3v) is 6.97. The average Bonchev–Trinajstić information content (AvgIpc) is 3.05. The lowest BCUT2D eigenvalue weighted by Crippen LogP contribution is -2.47. The van der Waals surface area contributed by atoms with Gasteiger partial charge in [0.25, 0.3) is 5.91 Å². The van der Waals surface area contributed by atoms with E-state index in [0.29, 0.717) is 30.3 Å². The number of amidine groups is 1. The van der Waals surface area contributed by atoms with E-state index in [1.165, 1.54) is 24.3 Å². The number of halogens is 2. The first kappa shape index (κ1) is 23.5. The van der Waals surface area contributed by atoms with Gasteiger partial charge in [-0.1, -0.05) is 31.2 Å². The van der Waals surface area contributed by atoms with E-state index in [4.69, 9.17) is 0 Å². The zero-order chi connectivity index (χ0) is 23.6. The van der Waals surface area contributed by atoms with E-state index in [-0.39, 0.29) is 24.1 Å². The topological polar surface area (TPSA) is 56.1 Å². The molecule has 2 heterocycles. The van der Waals surface area contributed by atoms with E-state index in [2.05, 4.69) is 9.89 Å². The number of β-amino-alcohol motifs (C(OH)–C–C–N with tert-alkyl or cyclic N) is 1. The van der Waals surface area contributed by atoms with Crippen LogP contribution in [0.4, 0.5) is 8.78 Å². The first-order valence-electron chi connectivity index (χ1n) is 11.6. The van der Waals surface area contributed by atoms with Gasteiger partial charge in [-0.15, -0.1) is 0 Å². The number of aliphatic hydroxyl groups excluding tert-OH is 1. The Morgan fingerprint density at radius 3 is 2.18 bits per heavy atom. The quantitative estimate of drug-likeness (QED) is 0.685. The Labute approximate surface area is 193 Å². The molecule has 2 aliphatic rings. The fraction of sp³-hybridized carbons (Fsp3) is 0.462. The molecule has 176 valence electrons. The molecule has 2 aromatic rings. The zero-order valence-corrected chi connectivity index (χ0v) is 19.2. The molecule has 0 spiro atoms. The zero-order valence-electron chi connectivity index (χ0n) is 19.2. The van der Waals surface area contributed by atoms with Gasteiger partial charge in [-0.05, 0) is 80.6 Å². The van der Waals surface area contributed by atoms with E-state index in [0.717, 1.165) is 31.5 Å². The maximum atomic E-state index is 13.4.